The molecule has 2 aliphatic rings. The number of rotatable bonds is 3. The highest BCUT2D eigenvalue weighted by molar-refractivity contribution is 5.80. The topological polar surface area (TPSA) is 47.1 Å². The van der Waals surface area contributed by atoms with E-state index in [2.05, 4.69) is 36.1 Å². The second-order valence-electron chi connectivity index (χ2n) is 7.97. The molecule has 1 aromatic carbocycles. The van der Waals surface area contributed by atoms with Gasteiger partial charge in [-0.3, -0.25) is 9.69 Å². The first kappa shape index (κ1) is 19.7. The van der Waals surface area contributed by atoms with Gasteiger partial charge < -0.3 is 14.7 Å². The molecule has 148 valence electrons. The molecule has 0 unspecified atom stereocenters. The lowest BCUT2D eigenvalue weighted by Gasteiger charge is -2.39. The predicted octanol–water partition coefficient (Wildman–Crippen LogP) is 2.03. The summed E-state index contributed by atoms with van der Waals surface area (Å²) < 4.78 is 0. The molecule has 2 heterocycles. The Balaban J connectivity index is 1.45. The first-order valence-electron chi connectivity index (χ1n) is 9.97. The molecule has 0 aliphatic carbocycles. The number of likely N-dealkylation sites (tertiary alicyclic amines) is 1. The van der Waals surface area contributed by atoms with Crippen molar-refractivity contribution in [2.75, 3.05) is 53.4 Å². The van der Waals surface area contributed by atoms with Gasteiger partial charge >= 0.3 is 6.03 Å². The zero-order valence-electron chi connectivity index (χ0n) is 16.9. The number of nitrogens with zero attached hydrogens (tertiary/aromatic N) is 4. The van der Waals surface area contributed by atoms with Crippen molar-refractivity contribution in [1.29, 1.82) is 0 Å². The highest BCUT2D eigenvalue weighted by Crippen LogP contribution is 2.21. The summed E-state index contributed by atoms with van der Waals surface area (Å²) in [6.07, 6.45) is 1.56. The Bertz CT molecular complexity index is 660. The van der Waals surface area contributed by atoms with Crippen LogP contribution in [0.25, 0.3) is 0 Å². The third-order valence-corrected chi connectivity index (χ3v) is 5.84. The Kier molecular flexibility index (Phi) is 6.37. The van der Waals surface area contributed by atoms with Gasteiger partial charge in [-0.15, -0.1) is 0 Å². The Morgan fingerprint density at radius 2 is 1.59 bits per heavy atom. The van der Waals surface area contributed by atoms with E-state index in [4.69, 9.17) is 0 Å². The molecule has 2 aliphatic heterocycles. The molecule has 0 bridgehead atoms. The molecule has 0 saturated carbocycles. The normalized spacial score (nSPS) is 19.2. The van der Waals surface area contributed by atoms with Gasteiger partial charge in [-0.25, -0.2) is 4.79 Å². The third kappa shape index (κ3) is 4.80. The van der Waals surface area contributed by atoms with Gasteiger partial charge in [0.05, 0.1) is 0 Å². The van der Waals surface area contributed by atoms with Crippen LogP contribution < -0.4 is 0 Å². The summed E-state index contributed by atoms with van der Waals surface area (Å²) in [5.41, 5.74) is 2.70. The fraction of sp³-hybridized carbons (Fsp3) is 0.619. The van der Waals surface area contributed by atoms with Crippen molar-refractivity contribution in [2.45, 2.75) is 26.3 Å². The van der Waals surface area contributed by atoms with Crippen LogP contribution in [0.2, 0.25) is 0 Å². The Morgan fingerprint density at radius 3 is 2.19 bits per heavy atom. The molecule has 0 N–H and O–H groups in total. The molecule has 27 heavy (non-hydrogen) atoms. The van der Waals surface area contributed by atoms with Crippen LogP contribution in [0.3, 0.4) is 0 Å². The monoisotopic (exact) mass is 372 g/mol. The summed E-state index contributed by atoms with van der Waals surface area (Å²) in [6.45, 7) is 7.95. The molecule has 6 nitrogen and oxygen atoms in total. The average molecular weight is 373 g/mol. The third-order valence-electron chi connectivity index (χ3n) is 5.84. The van der Waals surface area contributed by atoms with Crippen molar-refractivity contribution in [1.82, 2.24) is 19.6 Å². The van der Waals surface area contributed by atoms with Gasteiger partial charge in [0, 0.05) is 65.8 Å². The van der Waals surface area contributed by atoms with Crippen LogP contribution >= 0.6 is 0 Å². The summed E-state index contributed by atoms with van der Waals surface area (Å²) >= 11 is 0. The maximum absolute atomic E-state index is 12.9. The van der Waals surface area contributed by atoms with E-state index in [-0.39, 0.29) is 17.9 Å². The number of piperazine rings is 1. The standard InChI is InChI=1S/C21H32N4O2/c1-17-6-4-5-7-19(17)16-23-12-14-24(15-13-23)20(26)18-8-10-25(11-9-18)21(27)22(2)3/h4-7,18H,8-16H2,1-3H3. The maximum atomic E-state index is 12.9. The fourth-order valence-electron chi connectivity index (χ4n) is 4.01. The first-order chi connectivity index (χ1) is 13.0. The number of piperidine rings is 1. The molecule has 1 aromatic rings. The molecule has 6 heteroatoms. The minimum atomic E-state index is 0.0470. The molecule has 0 radical (unpaired) electrons. The van der Waals surface area contributed by atoms with Crippen molar-refractivity contribution in [2.24, 2.45) is 5.92 Å². The van der Waals surface area contributed by atoms with Crippen LogP contribution in [0, 0.1) is 12.8 Å². The molecule has 3 rings (SSSR count). The van der Waals surface area contributed by atoms with E-state index in [0.717, 1.165) is 45.6 Å². The molecule has 2 fully saturated rings. The Labute approximate surface area is 162 Å². The number of amides is 3. The highest BCUT2D eigenvalue weighted by atomic mass is 16.2. The number of carbonyl (C=O) groups excluding carboxylic acids is 2. The Morgan fingerprint density at radius 1 is 0.963 bits per heavy atom. The van der Waals surface area contributed by atoms with Crippen molar-refractivity contribution in [3.05, 3.63) is 35.4 Å². The van der Waals surface area contributed by atoms with E-state index in [1.807, 2.05) is 9.80 Å². The lowest BCUT2D eigenvalue weighted by Crippen LogP contribution is -2.52. The quantitative estimate of drug-likeness (QED) is 0.816. The van der Waals surface area contributed by atoms with E-state index in [1.165, 1.54) is 11.1 Å². The first-order valence-corrected chi connectivity index (χ1v) is 9.97. The van der Waals surface area contributed by atoms with E-state index in [0.29, 0.717) is 13.1 Å². The summed E-state index contributed by atoms with van der Waals surface area (Å²) in [4.78, 5) is 32.8. The van der Waals surface area contributed by atoms with Crippen molar-refractivity contribution < 1.29 is 9.59 Å². The van der Waals surface area contributed by atoms with E-state index in [9.17, 15) is 9.59 Å². The lowest BCUT2D eigenvalue weighted by atomic mass is 9.95. The average Bonchev–Trinajstić information content (AvgIpc) is 2.69. The van der Waals surface area contributed by atoms with Crippen LogP contribution in [0.15, 0.2) is 24.3 Å². The number of hydrogen-bond acceptors (Lipinski definition) is 3. The number of aryl methyl sites for hydroxylation is 1. The zero-order chi connectivity index (χ0) is 19.4. The second kappa shape index (κ2) is 8.74. The van der Waals surface area contributed by atoms with Gasteiger partial charge in [-0.2, -0.15) is 0 Å². The second-order valence-corrected chi connectivity index (χ2v) is 7.97. The highest BCUT2D eigenvalue weighted by Gasteiger charge is 2.32. The number of carbonyl (C=O) groups is 2. The maximum Gasteiger partial charge on any atom is 0.319 e. The molecular weight excluding hydrogens is 340 g/mol. The number of hydrogen-bond donors (Lipinski definition) is 0. The minimum absolute atomic E-state index is 0.0470. The molecule has 3 amide bonds. The number of urea groups is 1. The summed E-state index contributed by atoms with van der Waals surface area (Å²) in [5, 5.41) is 0. The van der Waals surface area contributed by atoms with Gasteiger partial charge in [-0.05, 0) is 30.9 Å². The van der Waals surface area contributed by atoms with E-state index < -0.39 is 0 Å². The van der Waals surface area contributed by atoms with Gasteiger partial charge in [0.25, 0.3) is 0 Å². The van der Waals surface area contributed by atoms with E-state index >= 15 is 0 Å². The van der Waals surface area contributed by atoms with Gasteiger partial charge in [0.15, 0.2) is 0 Å². The van der Waals surface area contributed by atoms with Gasteiger partial charge in [0.2, 0.25) is 5.91 Å². The molecule has 2 saturated heterocycles. The van der Waals surface area contributed by atoms with Crippen LogP contribution in [-0.4, -0.2) is 84.9 Å². The summed E-state index contributed by atoms with van der Waals surface area (Å²) in [5.74, 6) is 0.349. The fourth-order valence-corrected chi connectivity index (χ4v) is 4.01. The van der Waals surface area contributed by atoms with Gasteiger partial charge in [-0.1, -0.05) is 24.3 Å². The summed E-state index contributed by atoms with van der Waals surface area (Å²) in [7, 11) is 3.55. The zero-order valence-corrected chi connectivity index (χ0v) is 16.9. The molecule has 0 atom stereocenters. The van der Waals surface area contributed by atoms with Crippen LogP contribution in [-0.2, 0) is 11.3 Å². The van der Waals surface area contributed by atoms with Crippen LogP contribution in [0.5, 0.6) is 0 Å². The largest absolute Gasteiger partial charge is 0.340 e. The molecule has 0 aromatic heterocycles. The van der Waals surface area contributed by atoms with E-state index in [1.54, 1.807) is 19.0 Å². The van der Waals surface area contributed by atoms with Crippen LogP contribution in [0.4, 0.5) is 4.79 Å². The van der Waals surface area contributed by atoms with Crippen LogP contribution in [0.1, 0.15) is 24.0 Å². The van der Waals surface area contributed by atoms with Crippen molar-refractivity contribution >= 4 is 11.9 Å². The smallest absolute Gasteiger partial charge is 0.319 e. The van der Waals surface area contributed by atoms with Crippen molar-refractivity contribution in [3.63, 3.8) is 0 Å². The number of benzene rings is 1. The van der Waals surface area contributed by atoms with Crippen molar-refractivity contribution in [3.8, 4) is 0 Å². The molecular formula is C21H32N4O2. The molecule has 0 spiro atoms. The lowest BCUT2D eigenvalue weighted by molar-refractivity contribution is -0.138. The minimum Gasteiger partial charge on any atom is -0.340 e. The SMILES string of the molecule is Cc1ccccc1CN1CCN(C(=O)C2CCN(C(=O)N(C)C)CC2)CC1. The Hall–Kier alpha value is -2.08. The van der Waals surface area contributed by atoms with Gasteiger partial charge in [0.1, 0.15) is 0 Å². The predicted molar refractivity (Wildman–Crippen MR) is 106 cm³/mol. The summed E-state index contributed by atoms with van der Waals surface area (Å²) in [6, 6.07) is 8.56.